The molecule has 0 aliphatic rings. The topological polar surface area (TPSA) is 89.6 Å². The van der Waals surface area contributed by atoms with E-state index in [2.05, 4.69) is 15.3 Å². The Morgan fingerprint density at radius 3 is 2.68 bits per heavy atom. The number of carbonyl (C=O) groups excluding carboxylic acids is 1. The van der Waals surface area contributed by atoms with Crippen molar-refractivity contribution in [3.8, 4) is 11.5 Å². The van der Waals surface area contributed by atoms with Gasteiger partial charge in [-0.3, -0.25) is 14.8 Å². The number of nitrogens with one attached hydrogen (secondary N) is 1. The van der Waals surface area contributed by atoms with Gasteiger partial charge in [-0.25, -0.2) is 4.39 Å². The zero-order valence-electron chi connectivity index (χ0n) is 17.3. The van der Waals surface area contributed by atoms with Gasteiger partial charge in [-0.05, 0) is 48.4 Å². The second-order valence-electron chi connectivity index (χ2n) is 6.78. The number of allylic oxidation sites excluding steroid dienone is 1. The zero-order chi connectivity index (χ0) is 22.2. The first-order valence-electron chi connectivity index (χ1n) is 9.62. The standard InChI is InChI=1S/C24H23FN4O2/c1-16-3-6-18(24(30)29-14-17-4-7-20(25)8-5-17)11-23(16)31-21-9-10-28-22(12-21)19(13-26)15-27-2/h3-13,15H,14,26H2,1-2H3,(H,29,30)/b19-13+,27-15?. The van der Waals surface area contributed by atoms with Gasteiger partial charge in [0, 0.05) is 49.4 Å². The van der Waals surface area contributed by atoms with Crippen molar-refractivity contribution in [2.75, 3.05) is 7.05 Å². The Hall–Kier alpha value is -4.00. The van der Waals surface area contributed by atoms with Gasteiger partial charge in [0.15, 0.2) is 0 Å². The number of hydrogen-bond donors (Lipinski definition) is 2. The molecule has 1 aromatic heterocycles. The number of pyridine rings is 1. The molecule has 0 spiro atoms. The van der Waals surface area contributed by atoms with E-state index in [9.17, 15) is 9.18 Å². The fourth-order valence-electron chi connectivity index (χ4n) is 2.83. The summed E-state index contributed by atoms with van der Waals surface area (Å²) in [5.74, 6) is 0.540. The molecule has 0 aliphatic carbocycles. The summed E-state index contributed by atoms with van der Waals surface area (Å²) in [6, 6.07) is 14.7. The SMILES string of the molecule is CN=C/C(=C\N)c1cc(Oc2cc(C(=O)NCc3ccc(F)cc3)ccc2C)ccn1. The molecule has 0 saturated carbocycles. The molecule has 0 aliphatic heterocycles. The summed E-state index contributed by atoms with van der Waals surface area (Å²) in [5, 5.41) is 2.83. The van der Waals surface area contributed by atoms with Gasteiger partial charge in [-0.2, -0.15) is 0 Å². The monoisotopic (exact) mass is 418 g/mol. The second-order valence-corrected chi connectivity index (χ2v) is 6.78. The molecule has 0 radical (unpaired) electrons. The molecule has 7 heteroatoms. The third-order valence-electron chi connectivity index (χ3n) is 4.52. The summed E-state index contributed by atoms with van der Waals surface area (Å²) in [5.41, 5.74) is 9.08. The van der Waals surface area contributed by atoms with E-state index in [0.29, 0.717) is 34.9 Å². The van der Waals surface area contributed by atoms with Gasteiger partial charge in [0.1, 0.15) is 17.3 Å². The lowest BCUT2D eigenvalue weighted by Gasteiger charge is -2.12. The van der Waals surface area contributed by atoms with Crippen molar-refractivity contribution >= 4 is 17.7 Å². The van der Waals surface area contributed by atoms with E-state index in [1.165, 1.54) is 18.3 Å². The van der Waals surface area contributed by atoms with Crippen molar-refractivity contribution in [1.82, 2.24) is 10.3 Å². The van der Waals surface area contributed by atoms with E-state index in [1.807, 2.05) is 13.0 Å². The number of benzene rings is 2. The highest BCUT2D eigenvalue weighted by Crippen LogP contribution is 2.27. The predicted molar refractivity (Wildman–Crippen MR) is 120 cm³/mol. The van der Waals surface area contributed by atoms with Crippen molar-refractivity contribution in [3.05, 3.63) is 95.2 Å². The van der Waals surface area contributed by atoms with Gasteiger partial charge in [0.25, 0.3) is 5.91 Å². The van der Waals surface area contributed by atoms with Crippen molar-refractivity contribution in [3.63, 3.8) is 0 Å². The first-order valence-corrected chi connectivity index (χ1v) is 9.62. The van der Waals surface area contributed by atoms with E-state index in [0.717, 1.165) is 11.1 Å². The predicted octanol–water partition coefficient (Wildman–Crippen LogP) is 4.25. The molecule has 0 bridgehead atoms. The maximum atomic E-state index is 13.0. The summed E-state index contributed by atoms with van der Waals surface area (Å²) in [6.45, 7) is 2.19. The van der Waals surface area contributed by atoms with Crippen LogP contribution in [-0.2, 0) is 6.54 Å². The summed E-state index contributed by atoms with van der Waals surface area (Å²) in [6.07, 6.45) is 4.66. The van der Waals surface area contributed by atoms with Crippen LogP contribution in [0, 0.1) is 12.7 Å². The third kappa shape index (κ3) is 5.76. The minimum Gasteiger partial charge on any atom is -0.457 e. The molecule has 3 rings (SSSR count). The maximum Gasteiger partial charge on any atom is 0.251 e. The van der Waals surface area contributed by atoms with Crippen LogP contribution in [0.15, 0.2) is 72.0 Å². The van der Waals surface area contributed by atoms with Crippen molar-refractivity contribution in [2.45, 2.75) is 13.5 Å². The Morgan fingerprint density at radius 1 is 1.19 bits per heavy atom. The number of rotatable bonds is 7. The van der Waals surface area contributed by atoms with Crippen LogP contribution in [-0.4, -0.2) is 24.2 Å². The molecule has 31 heavy (non-hydrogen) atoms. The Morgan fingerprint density at radius 2 is 1.97 bits per heavy atom. The first-order chi connectivity index (χ1) is 15.0. The number of nitrogens with two attached hydrogens (primary N) is 1. The van der Waals surface area contributed by atoms with E-state index in [-0.39, 0.29) is 11.7 Å². The summed E-state index contributed by atoms with van der Waals surface area (Å²) < 4.78 is 19.0. The molecule has 3 aromatic rings. The molecule has 158 valence electrons. The van der Waals surface area contributed by atoms with Gasteiger partial charge in [-0.1, -0.05) is 18.2 Å². The quantitative estimate of drug-likeness (QED) is 0.561. The van der Waals surface area contributed by atoms with E-state index < -0.39 is 0 Å². The number of aryl methyl sites for hydroxylation is 1. The minimum absolute atomic E-state index is 0.253. The first kappa shape index (κ1) is 21.7. The van der Waals surface area contributed by atoms with E-state index >= 15 is 0 Å². The van der Waals surface area contributed by atoms with Crippen LogP contribution in [0.5, 0.6) is 11.5 Å². The van der Waals surface area contributed by atoms with Crippen LogP contribution in [0.4, 0.5) is 4.39 Å². The largest absolute Gasteiger partial charge is 0.457 e. The highest BCUT2D eigenvalue weighted by atomic mass is 19.1. The molecular weight excluding hydrogens is 395 g/mol. The number of hydrogen-bond acceptors (Lipinski definition) is 5. The molecule has 0 saturated heterocycles. The number of amides is 1. The Labute approximate surface area is 180 Å². The Bertz CT molecular complexity index is 1120. The summed E-state index contributed by atoms with van der Waals surface area (Å²) in [7, 11) is 1.65. The van der Waals surface area contributed by atoms with Crippen LogP contribution in [0.25, 0.3) is 5.57 Å². The highest BCUT2D eigenvalue weighted by molar-refractivity contribution is 6.08. The van der Waals surface area contributed by atoms with Gasteiger partial charge in [0.05, 0.1) is 5.69 Å². The lowest BCUT2D eigenvalue weighted by atomic mass is 10.1. The fourth-order valence-corrected chi connectivity index (χ4v) is 2.83. The molecule has 0 fully saturated rings. The molecule has 3 N–H and O–H groups in total. The van der Waals surface area contributed by atoms with Crippen molar-refractivity contribution in [2.24, 2.45) is 10.7 Å². The van der Waals surface area contributed by atoms with Crippen LogP contribution >= 0.6 is 0 Å². The van der Waals surface area contributed by atoms with Crippen molar-refractivity contribution < 1.29 is 13.9 Å². The fraction of sp³-hybridized carbons (Fsp3) is 0.125. The molecule has 1 heterocycles. The number of ether oxygens (including phenoxy) is 1. The minimum atomic E-state index is -0.314. The van der Waals surface area contributed by atoms with Crippen molar-refractivity contribution in [1.29, 1.82) is 0 Å². The normalized spacial score (nSPS) is 11.5. The zero-order valence-corrected chi connectivity index (χ0v) is 17.3. The van der Waals surface area contributed by atoms with E-state index in [4.69, 9.17) is 10.5 Å². The molecule has 1 amide bonds. The van der Waals surface area contributed by atoms with Crippen LogP contribution < -0.4 is 15.8 Å². The molecule has 2 aromatic carbocycles. The van der Waals surface area contributed by atoms with Crippen LogP contribution in [0.1, 0.15) is 27.2 Å². The van der Waals surface area contributed by atoms with Crippen LogP contribution in [0.3, 0.4) is 0 Å². The van der Waals surface area contributed by atoms with Gasteiger partial charge < -0.3 is 15.8 Å². The molecule has 0 unspecified atom stereocenters. The number of halogens is 1. The number of carbonyl (C=O) groups is 1. The lowest BCUT2D eigenvalue weighted by molar-refractivity contribution is 0.0950. The lowest BCUT2D eigenvalue weighted by Crippen LogP contribution is -2.22. The molecule has 0 atom stereocenters. The number of aromatic nitrogens is 1. The van der Waals surface area contributed by atoms with Gasteiger partial charge >= 0.3 is 0 Å². The molecular formula is C24H23FN4O2. The average Bonchev–Trinajstić information content (AvgIpc) is 2.78. The summed E-state index contributed by atoms with van der Waals surface area (Å²) >= 11 is 0. The maximum absolute atomic E-state index is 13.0. The molecule has 6 nitrogen and oxygen atoms in total. The Kier molecular flexibility index (Phi) is 7.11. The number of nitrogens with zero attached hydrogens (tertiary/aromatic N) is 2. The third-order valence-corrected chi connectivity index (χ3v) is 4.52. The van der Waals surface area contributed by atoms with Gasteiger partial charge in [0.2, 0.25) is 0 Å². The number of aliphatic imine (C=N–C) groups is 1. The Balaban J connectivity index is 1.75. The highest BCUT2D eigenvalue weighted by Gasteiger charge is 2.11. The van der Waals surface area contributed by atoms with Crippen LogP contribution in [0.2, 0.25) is 0 Å². The smallest absolute Gasteiger partial charge is 0.251 e. The second kappa shape index (κ2) is 10.2. The average molecular weight is 418 g/mol. The van der Waals surface area contributed by atoms with E-state index in [1.54, 1.807) is 55.9 Å². The van der Waals surface area contributed by atoms with Gasteiger partial charge in [-0.15, -0.1) is 0 Å². The summed E-state index contributed by atoms with van der Waals surface area (Å²) in [4.78, 5) is 20.8.